The van der Waals surface area contributed by atoms with Gasteiger partial charge in [-0.3, -0.25) is 0 Å². The fraction of sp³-hybridized carbons (Fsp3) is 0.667. The van der Waals surface area contributed by atoms with Crippen molar-refractivity contribution in [2.75, 3.05) is 25.1 Å². The van der Waals surface area contributed by atoms with E-state index in [1.807, 2.05) is 4.90 Å². The number of esters is 1. The zero-order valence-corrected chi connectivity index (χ0v) is 16.1. The highest BCUT2D eigenvalue weighted by Gasteiger charge is 2.33. The van der Waals surface area contributed by atoms with Crippen LogP contribution in [0.5, 0.6) is 0 Å². The van der Waals surface area contributed by atoms with Crippen molar-refractivity contribution in [1.82, 2.24) is 10.3 Å². The second kappa shape index (κ2) is 8.45. The van der Waals surface area contributed by atoms with Gasteiger partial charge in [0.1, 0.15) is 17.6 Å². The van der Waals surface area contributed by atoms with Crippen LogP contribution in [0.15, 0.2) is 16.7 Å². The van der Waals surface area contributed by atoms with Gasteiger partial charge in [0, 0.05) is 29.3 Å². The number of rotatable bonds is 4. The molecule has 138 valence electrons. The number of pyridine rings is 1. The lowest BCUT2D eigenvalue weighted by molar-refractivity contribution is 0.0600. The Morgan fingerprint density at radius 3 is 2.80 bits per heavy atom. The minimum Gasteiger partial charge on any atom is -0.465 e. The molecule has 7 heteroatoms. The van der Waals surface area contributed by atoms with Crippen LogP contribution in [-0.4, -0.2) is 49.4 Å². The van der Waals surface area contributed by atoms with Crippen LogP contribution in [0.2, 0.25) is 0 Å². The van der Waals surface area contributed by atoms with Gasteiger partial charge in [0.25, 0.3) is 0 Å². The first kappa shape index (κ1) is 18.6. The monoisotopic (exact) mass is 413 g/mol. The average Bonchev–Trinajstić information content (AvgIpc) is 2.63. The number of piperidine rings is 1. The normalized spacial score (nSPS) is 25.0. The number of hydrogen-bond donors (Lipinski definition) is 1. The maximum atomic E-state index is 14.8. The van der Waals surface area contributed by atoms with Crippen LogP contribution in [0.25, 0.3) is 0 Å². The molecule has 0 amide bonds. The Balaban J connectivity index is 1.67. The van der Waals surface area contributed by atoms with Gasteiger partial charge >= 0.3 is 5.97 Å². The van der Waals surface area contributed by atoms with E-state index in [9.17, 15) is 9.18 Å². The Kier molecular flexibility index (Phi) is 6.28. The predicted molar refractivity (Wildman–Crippen MR) is 98.8 cm³/mol. The van der Waals surface area contributed by atoms with Crippen molar-refractivity contribution in [2.45, 2.75) is 56.8 Å². The van der Waals surface area contributed by atoms with Gasteiger partial charge in [-0.2, -0.15) is 0 Å². The molecule has 1 aromatic heterocycles. The number of alkyl halides is 1. The van der Waals surface area contributed by atoms with Crippen LogP contribution >= 0.6 is 15.9 Å². The van der Waals surface area contributed by atoms with Gasteiger partial charge in [0.2, 0.25) is 0 Å². The van der Waals surface area contributed by atoms with Crippen molar-refractivity contribution in [2.24, 2.45) is 0 Å². The van der Waals surface area contributed by atoms with E-state index in [1.54, 1.807) is 12.3 Å². The third kappa shape index (κ3) is 4.50. The molecule has 0 spiro atoms. The summed E-state index contributed by atoms with van der Waals surface area (Å²) in [5.41, 5.74) is 0.364. The van der Waals surface area contributed by atoms with Crippen LogP contribution in [0.1, 0.15) is 48.9 Å². The van der Waals surface area contributed by atoms with Gasteiger partial charge in [-0.15, -0.1) is 0 Å². The van der Waals surface area contributed by atoms with E-state index in [4.69, 9.17) is 4.74 Å². The maximum absolute atomic E-state index is 14.8. The summed E-state index contributed by atoms with van der Waals surface area (Å²) in [6, 6.07) is 2.00. The van der Waals surface area contributed by atoms with Gasteiger partial charge in [-0.05, 0) is 41.3 Å². The number of carbonyl (C=O) groups excluding carboxylic acids is 1. The smallest absolute Gasteiger partial charge is 0.341 e. The molecule has 1 saturated heterocycles. The Labute approximate surface area is 156 Å². The van der Waals surface area contributed by atoms with E-state index in [0.717, 1.165) is 12.8 Å². The highest BCUT2D eigenvalue weighted by Crippen LogP contribution is 2.27. The van der Waals surface area contributed by atoms with Crippen molar-refractivity contribution >= 4 is 27.7 Å². The molecule has 1 aromatic rings. The summed E-state index contributed by atoms with van der Waals surface area (Å²) in [5, 5.41) is 3.52. The summed E-state index contributed by atoms with van der Waals surface area (Å²) in [4.78, 5) is 18.2. The summed E-state index contributed by atoms with van der Waals surface area (Å²) in [7, 11) is 1.34. The Bertz CT molecular complexity index is 610. The fourth-order valence-electron chi connectivity index (χ4n) is 3.80. The largest absolute Gasteiger partial charge is 0.465 e. The number of nitrogens with zero attached hydrogens (tertiary/aromatic N) is 2. The first-order valence-corrected chi connectivity index (χ1v) is 9.76. The van der Waals surface area contributed by atoms with Crippen molar-refractivity contribution in [3.8, 4) is 0 Å². The second-order valence-corrected chi connectivity index (χ2v) is 7.79. The molecule has 1 N–H and O–H groups in total. The molecule has 0 bridgehead atoms. The molecule has 0 aromatic carbocycles. The zero-order valence-electron chi connectivity index (χ0n) is 14.5. The van der Waals surface area contributed by atoms with E-state index in [2.05, 4.69) is 26.2 Å². The third-order valence-corrected chi connectivity index (χ3v) is 5.57. The number of halogens is 2. The Morgan fingerprint density at radius 1 is 1.36 bits per heavy atom. The van der Waals surface area contributed by atoms with Crippen LogP contribution in [0.4, 0.5) is 10.2 Å². The lowest BCUT2D eigenvalue weighted by atomic mass is 9.93. The van der Waals surface area contributed by atoms with Crippen LogP contribution in [0.3, 0.4) is 0 Å². The summed E-state index contributed by atoms with van der Waals surface area (Å²) in [6.45, 7) is 0.909. The SMILES string of the molecule is COC(=O)c1cc(Br)cnc1N1CCC(NC2CCCCC2)C(F)C1. The molecular weight excluding hydrogens is 389 g/mol. The molecule has 1 saturated carbocycles. The lowest BCUT2D eigenvalue weighted by Gasteiger charge is -2.38. The van der Waals surface area contributed by atoms with E-state index >= 15 is 0 Å². The highest BCUT2D eigenvalue weighted by atomic mass is 79.9. The van der Waals surface area contributed by atoms with Gasteiger partial charge in [0.05, 0.1) is 13.7 Å². The topological polar surface area (TPSA) is 54.5 Å². The number of anilines is 1. The van der Waals surface area contributed by atoms with E-state index in [-0.39, 0.29) is 12.6 Å². The molecule has 1 aliphatic carbocycles. The molecular formula is C18H25BrFN3O2. The van der Waals surface area contributed by atoms with Gasteiger partial charge in [-0.1, -0.05) is 19.3 Å². The number of hydrogen-bond acceptors (Lipinski definition) is 5. The molecule has 5 nitrogen and oxygen atoms in total. The average molecular weight is 414 g/mol. The molecule has 2 fully saturated rings. The predicted octanol–water partition coefficient (Wildman–Crippen LogP) is 3.47. The van der Waals surface area contributed by atoms with Crippen molar-refractivity contribution < 1.29 is 13.9 Å². The minimum atomic E-state index is -0.980. The quantitative estimate of drug-likeness (QED) is 0.765. The number of methoxy groups -OCH3 is 1. The molecule has 1 aliphatic heterocycles. The molecule has 2 heterocycles. The van der Waals surface area contributed by atoms with E-state index in [0.29, 0.717) is 34.9 Å². The third-order valence-electron chi connectivity index (χ3n) is 5.13. The molecule has 2 aliphatic rings. The Morgan fingerprint density at radius 2 is 2.12 bits per heavy atom. The van der Waals surface area contributed by atoms with Crippen LogP contribution in [0, 0.1) is 0 Å². The molecule has 25 heavy (non-hydrogen) atoms. The molecule has 0 radical (unpaired) electrons. The minimum absolute atomic E-state index is 0.114. The van der Waals surface area contributed by atoms with Gasteiger partial charge in [-0.25, -0.2) is 14.2 Å². The number of ether oxygens (including phenoxy) is 1. The molecule has 2 atom stereocenters. The number of nitrogens with one attached hydrogen (secondary N) is 1. The molecule has 2 unspecified atom stereocenters. The van der Waals surface area contributed by atoms with E-state index < -0.39 is 12.1 Å². The van der Waals surface area contributed by atoms with Gasteiger partial charge < -0.3 is 15.0 Å². The maximum Gasteiger partial charge on any atom is 0.341 e. The number of aromatic nitrogens is 1. The van der Waals surface area contributed by atoms with Crippen LogP contribution in [-0.2, 0) is 4.74 Å². The molecule has 3 rings (SSSR count). The zero-order chi connectivity index (χ0) is 17.8. The van der Waals surface area contributed by atoms with Crippen molar-refractivity contribution in [3.63, 3.8) is 0 Å². The summed E-state index contributed by atoms with van der Waals surface area (Å²) >= 11 is 3.32. The summed E-state index contributed by atoms with van der Waals surface area (Å²) in [6.07, 6.45) is 7.41. The first-order valence-electron chi connectivity index (χ1n) is 8.97. The summed E-state index contributed by atoms with van der Waals surface area (Å²) in [5.74, 6) is 0.0375. The Hall–Kier alpha value is -1.21. The van der Waals surface area contributed by atoms with E-state index in [1.165, 1.54) is 26.4 Å². The standard InChI is InChI=1S/C18H25BrFN3O2/c1-25-18(24)14-9-12(19)10-21-17(14)23-8-7-16(15(20)11-23)22-13-5-3-2-4-6-13/h9-10,13,15-16,22H,2-8,11H2,1H3. The first-order chi connectivity index (χ1) is 12.1. The summed E-state index contributed by atoms with van der Waals surface area (Å²) < 4.78 is 20.3. The highest BCUT2D eigenvalue weighted by molar-refractivity contribution is 9.10. The lowest BCUT2D eigenvalue weighted by Crippen LogP contribution is -2.54. The fourth-order valence-corrected chi connectivity index (χ4v) is 4.13. The van der Waals surface area contributed by atoms with Crippen LogP contribution < -0.4 is 10.2 Å². The van der Waals surface area contributed by atoms with Crippen molar-refractivity contribution in [1.29, 1.82) is 0 Å². The van der Waals surface area contributed by atoms with Crippen molar-refractivity contribution in [3.05, 3.63) is 22.3 Å². The second-order valence-electron chi connectivity index (χ2n) is 6.88. The van der Waals surface area contributed by atoms with Gasteiger partial charge in [0.15, 0.2) is 0 Å². The number of carbonyl (C=O) groups is 1.